The van der Waals surface area contributed by atoms with Crippen LogP contribution >= 0.6 is 0 Å². The Morgan fingerprint density at radius 3 is 2.38 bits per heavy atom. The molecular formula is C23H18F2N4O4S. The lowest BCUT2D eigenvalue weighted by Gasteiger charge is -2.24. The van der Waals surface area contributed by atoms with Gasteiger partial charge in [0.05, 0.1) is 5.69 Å². The van der Waals surface area contributed by atoms with Crippen molar-refractivity contribution in [2.75, 3.05) is 5.73 Å². The van der Waals surface area contributed by atoms with Crippen LogP contribution < -0.4 is 5.73 Å². The number of carbonyl (C=O) groups is 1. The standard InChI is InChI=1S/C23H18F2N4O4S/c24-17-8-15(20(9-18(17)25)34(31,32)33)12-5-6-19-16(7-12)21(28-23(26)27-19)22(30)29-10-13-3-1-2-4-14(13)11-29/h1-6,8-9,12H,7,10-11H2,(H2,26,27,28)(H,31,32,33). The van der Waals surface area contributed by atoms with Crippen LogP contribution in [0, 0.1) is 11.6 Å². The molecule has 11 heteroatoms. The molecule has 1 unspecified atom stereocenters. The molecule has 1 aliphatic heterocycles. The van der Waals surface area contributed by atoms with Gasteiger partial charge in [-0.15, -0.1) is 0 Å². The Kier molecular flexibility index (Phi) is 5.18. The van der Waals surface area contributed by atoms with E-state index in [0.717, 1.165) is 17.2 Å². The van der Waals surface area contributed by atoms with Crippen LogP contribution in [0.25, 0.3) is 6.08 Å². The molecular weight excluding hydrogens is 466 g/mol. The van der Waals surface area contributed by atoms with Gasteiger partial charge in [-0.25, -0.2) is 18.7 Å². The largest absolute Gasteiger partial charge is 0.368 e. The summed E-state index contributed by atoms with van der Waals surface area (Å²) in [7, 11) is -4.84. The maximum Gasteiger partial charge on any atom is 0.294 e. The number of halogens is 2. The van der Waals surface area contributed by atoms with Gasteiger partial charge in [-0.3, -0.25) is 9.35 Å². The number of amides is 1. The highest BCUT2D eigenvalue weighted by molar-refractivity contribution is 7.85. The summed E-state index contributed by atoms with van der Waals surface area (Å²) in [6, 6.07) is 8.82. The lowest BCUT2D eigenvalue weighted by molar-refractivity contribution is 0.0744. The summed E-state index contributed by atoms with van der Waals surface area (Å²) in [6.07, 6.45) is 3.07. The van der Waals surface area contributed by atoms with Crippen molar-refractivity contribution >= 4 is 28.0 Å². The molecule has 0 spiro atoms. The van der Waals surface area contributed by atoms with Crippen molar-refractivity contribution in [3.05, 3.63) is 87.8 Å². The van der Waals surface area contributed by atoms with E-state index in [0.29, 0.717) is 30.4 Å². The van der Waals surface area contributed by atoms with Crippen LogP contribution in [0.2, 0.25) is 0 Å². The second kappa shape index (κ2) is 7.96. The Hall–Kier alpha value is -3.70. The topological polar surface area (TPSA) is 126 Å². The highest BCUT2D eigenvalue weighted by atomic mass is 32.2. The van der Waals surface area contributed by atoms with Gasteiger partial charge in [-0.2, -0.15) is 8.42 Å². The van der Waals surface area contributed by atoms with Crippen LogP contribution in [-0.2, 0) is 29.6 Å². The zero-order valence-electron chi connectivity index (χ0n) is 17.6. The molecule has 2 heterocycles. The van der Waals surface area contributed by atoms with Crippen molar-refractivity contribution in [3.63, 3.8) is 0 Å². The molecule has 1 aromatic heterocycles. The number of hydrogen-bond acceptors (Lipinski definition) is 6. The van der Waals surface area contributed by atoms with E-state index in [4.69, 9.17) is 5.73 Å². The third kappa shape index (κ3) is 3.82. The average molecular weight is 484 g/mol. The molecule has 0 fully saturated rings. The third-order valence-corrected chi connectivity index (χ3v) is 6.94. The van der Waals surface area contributed by atoms with E-state index >= 15 is 0 Å². The second-order valence-corrected chi connectivity index (χ2v) is 9.56. The fraction of sp³-hybridized carbons (Fsp3) is 0.174. The number of nitrogens with zero attached hydrogens (tertiary/aromatic N) is 3. The molecule has 5 rings (SSSR count). The zero-order chi connectivity index (χ0) is 24.2. The van der Waals surface area contributed by atoms with Gasteiger partial charge in [-0.05, 0) is 41.3 Å². The highest BCUT2D eigenvalue weighted by Crippen LogP contribution is 2.36. The first-order valence-electron chi connectivity index (χ1n) is 10.3. The molecule has 1 aliphatic carbocycles. The molecule has 1 atom stereocenters. The number of nitrogen functional groups attached to an aromatic ring is 1. The minimum atomic E-state index is -4.84. The van der Waals surface area contributed by atoms with E-state index in [-0.39, 0.29) is 29.5 Å². The number of aromatic nitrogens is 2. The summed E-state index contributed by atoms with van der Waals surface area (Å²) in [6.45, 7) is 0.784. The summed E-state index contributed by atoms with van der Waals surface area (Å²) in [5, 5.41) is 0. The van der Waals surface area contributed by atoms with Gasteiger partial charge in [0.1, 0.15) is 10.6 Å². The van der Waals surface area contributed by atoms with Gasteiger partial charge >= 0.3 is 0 Å². The van der Waals surface area contributed by atoms with Gasteiger partial charge in [0.25, 0.3) is 16.0 Å². The second-order valence-electron chi connectivity index (χ2n) is 8.17. The van der Waals surface area contributed by atoms with E-state index in [1.807, 2.05) is 24.3 Å². The van der Waals surface area contributed by atoms with E-state index in [2.05, 4.69) is 9.97 Å². The Labute approximate surface area is 193 Å². The van der Waals surface area contributed by atoms with Crippen LogP contribution in [0.1, 0.15) is 44.4 Å². The lowest BCUT2D eigenvalue weighted by atomic mass is 9.86. The molecule has 0 saturated carbocycles. The highest BCUT2D eigenvalue weighted by Gasteiger charge is 2.32. The summed E-state index contributed by atoms with van der Waals surface area (Å²) in [5.41, 5.74) is 8.55. The number of rotatable bonds is 3. The molecule has 3 N–H and O–H groups in total. The van der Waals surface area contributed by atoms with Crippen molar-refractivity contribution < 1.29 is 26.5 Å². The SMILES string of the molecule is Nc1nc2c(c(C(=O)N3Cc4ccccc4C3)n1)CC(c1cc(F)c(F)cc1S(=O)(=O)O)C=C2. The molecule has 174 valence electrons. The Morgan fingerprint density at radius 1 is 1.09 bits per heavy atom. The van der Waals surface area contributed by atoms with Gasteiger partial charge in [0, 0.05) is 24.6 Å². The fourth-order valence-corrected chi connectivity index (χ4v) is 5.19. The first-order valence-corrected chi connectivity index (χ1v) is 11.7. The Balaban J connectivity index is 1.55. The number of benzene rings is 2. The number of fused-ring (bicyclic) bond motifs is 2. The van der Waals surface area contributed by atoms with Crippen LogP contribution in [0.4, 0.5) is 14.7 Å². The molecule has 2 aromatic carbocycles. The van der Waals surface area contributed by atoms with Crippen LogP contribution in [0.15, 0.2) is 47.4 Å². The first-order chi connectivity index (χ1) is 16.1. The summed E-state index contributed by atoms with van der Waals surface area (Å²) in [5.74, 6) is -3.95. The maximum atomic E-state index is 14.0. The predicted molar refractivity (Wildman–Crippen MR) is 118 cm³/mol. The Bertz CT molecular complexity index is 1470. The third-order valence-electron chi connectivity index (χ3n) is 6.03. The molecule has 8 nitrogen and oxygen atoms in total. The van der Waals surface area contributed by atoms with Gasteiger partial charge < -0.3 is 10.6 Å². The number of carbonyl (C=O) groups excluding carboxylic acids is 1. The van der Waals surface area contributed by atoms with Crippen molar-refractivity contribution in [1.29, 1.82) is 0 Å². The minimum absolute atomic E-state index is 0.0154. The number of nitrogens with two attached hydrogens (primary N) is 1. The normalized spacial score (nSPS) is 16.9. The molecule has 34 heavy (non-hydrogen) atoms. The van der Waals surface area contributed by atoms with E-state index in [1.165, 1.54) is 12.2 Å². The number of anilines is 1. The minimum Gasteiger partial charge on any atom is -0.368 e. The molecule has 0 bridgehead atoms. The van der Waals surface area contributed by atoms with Crippen molar-refractivity contribution in [2.45, 2.75) is 30.3 Å². The molecule has 0 saturated heterocycles. The molecule has 2 aliphatic rings. The average Bonchev–Trinajstić information content (AvgIpc) is 3.23. The molecule has 3 aromatic rings. The van der Waals surface area contributed by atoms with Crippen LogP contribution in [0.3, 0.4) is 0 Å². The predicted octanol–water partition coefficient (Wildman–Crippen LogP) is 3.09. The van der Waals surface area contributed by atoms with Gasteiger partial charge in [0.15, 0.2) is 11.6 Å². The summed E-state index contributed by atoms with van der Waals surface area (Å²) < 4.78 is 61.0. The van der Waals surface area contributed by atoms with E-state index in [9.17, 15) is 26.5 Å². The maximum absolute atomic E-state index is 14.0. The van der Waals surface area contributed by atoms with Gasteiger partial charge in [0.2, 0.25) is 5.95 Å². The van der Waals surface area contributed by atoms with Crippen molar-refractivity contribution in [3.8, 4) is 0 Å². The monoisotopic (exact) mass is 484 g/mol. The van der Waals surface area contributed by atoms with Crippen molar-refractivity contribution in [1.82, 2.24) is 14.9 Å². The smallest absolute Gasteiger partial charge is 0.294 e. The molecule has 0 radical (unpaired) electrons. The quantitative estimate of drug-likeness (QED) is 0.547. The van der Waals surface area contributed by atoms with Crippen LogP contribution in [0.5, 0.6) is 0 Å². The lowest BCUT2D eigenvalue weighted by Crippen LogP contribution is -2.29. The van der Waals surface area contributed by atoms with E-state index in [1.54, 1.807) is 4.90 Å². The van der Waals surface area contributed by atoms with E-state index < -0.39 is 32.6 Å². The Morgan fingerprint density at radius 2 is 1.74 bits per heavy atom. The number of allylic oxidation sites excluding steroid dienone is 1. The fourth-order valence-electron chi connectivity index (χ4n) is 4.43. The van der Waals surface area contributed by atoms with Crippen LogP contribution in [-0.4, -0.2) is 33.7 Å². The number of hydrogen-bond donors (Lipinski definition) is 2. The summed E-state index contributed by atoms with van der Waals surface area (Å²) >= 11 is 0. The zero-order valence-corrected chi connectivity index (χ0v) is 18.4. The molecule has 1 amide bonds. The van der Waals surface area contributed by atoms with Gasteiger partial charge in [-0.1, -0.05) is 30.3 Å². The summed E-state index contributed by atoms with van der Waals surface area (Å²) in [4.78, 5) is 22.6. The first kappa shape index (κ1) is 22.1. The van der Waals surface area contributed by atoms with Crippen molar-refractivity contribution in [2.24, 2.45) is 0 Å².